The van der Waals surface area contributed by atoms with Crippen molar-refractivity contribution in [3.05, 3.63) is 12.7 Å². The first-order chi connectivity index (χ1) is 8.20. The quantitative estimate of drug-likeness (QED) is 0.791. The fourth-order valence-corrected chi connectivity index (χ4v) is 2.36. The van der Waals surface area contributed by atoms with Crippen LogP contribution in [0.3, 0.4) is 0 Å². The van der Waals surface area contributed by atoms with Crippen molar-refractivity contribution in [1.82, 2.24) is 19.7 Å². The zero-order valence-electron chi connectivity index (χ0n) is 10.1. The lowest BCUT2D eigenvalue weighted by molar-refractivity contribution is -0.132. The van der Waals surface area contributed by atoms with E-state index in [4.69, 9.17) is 5.73 Å². The lowest BCUT2D eigenvalue weighted by Crippen LogP contribution is -2.34. The molecule has 17 heavy (non-hydrogen) atoms. The van der Waals surface area contributed by atoms with Crippen LogP contribution >= 0.6 is 0 Å². The average molecular weight is 237 g/mol. The fourth-order valence-electron chi connectivity index (χ4n) is 2.36. The van der Waals surface area contributed by atoms with E-state index in [0.717, 1.165) is 13.0 Å². The Labute approximate surface area is 101 Å². The zero-order chi connectivity index (χ0) is 12.3. The van der Waals surface area contributed by atoms with E-state index < -0.39 is 0 Å². The summed E-state index contributed by atoms with van der Waals surface area (Å²) in [4.78, 5) is 17.8. The van der Waals surface area contributed by atoms with Crippen LogP contribution in [-0.2, 0) is 11.3 Å². The van der Waals surface area contributed by atoms with E-state index in [-0.39, 0.29) is 5.91 Å². The maximum absolute atomic E-state index is 12.0. The molecule has 0 saturated carbocycles. The monoisotopic (exact) mass is 237 g/mol. The molecule has 94 valence electrons. The van der Waals surface area contributed by atoms with Gasteiger partial charge in [-0.3, -0.25) is 9.48 Å². The van der Waals surface area contributed by atoms with Gasteiger partial charge in [0.05, 0.1) is 6.54 Å². The largest absolute Gasteiger partial charge is 0.340 e. The molecule has 2 rings (SSSR count). The molecule has 1 aliphatic heterocycles. The Bertz CT molecular complexity index is 364. The molecule has 1 aromatic rings. The number of hydrogen-bond acceptors (Lipinski definition) is 4. The van der Waals surface area contributed by atoms with Gasteiger partial charge in [0, 0.05) is 19.0 Å². The summed E-state index contributed by atoms with van der Waals surface area (Å²) in [5.41, 5.74) is 5.65. The third-order valence-electron chi connectivity index (χ3n) is 3.34. The second-order valence-electron chi connectivity index (χ2n) is 4.64. The van der Waals surface area contributed by atoms with Gasteiger partial charge in [0.2, 0.25) is 5.91 Å². The summed E-state index contributed by atoms with van der Waals surface area (Å²) in [6, 6.07) is 0.312. The molecule has 1 aromatic heterocycles. The van der Waals surface area contributed by atoms with Crippen LogP contribution in [-0.4, -0.2) is 44.7 Å². The number of rotatable bonds is 4. The van der Waals surface area contributed by atoms with Crippen LogP contribution in [0, 0.1) is 5.92 Å². The van der Waals surface area contributed by atoms with Crippen LogP contribution in [0.25, 0.3) is 0 Å². The molecule has 1 saturated heterocycles. The van der Waals surface area contributed by atoms with Crippen molar-refractivity contribution in [1.29, 1.82) is 0 Å². The number of carbonyl (C=O) groups excluding carboxylic acids is 1. The van der Waals surface area contributed by atoms with Gasteiger partial charge in [-0.15, -0.1) is 0 Å². The topological polar surface area (TPSA) is 77.0 Å². The standard InChI is InChI=1S/C11H19N5O/c1-9-4-10(5-12)6-16(9)11(17)2-3-15-8-13-7-14-15/h7-10H,2-6,12H2,1H3. The number of likely N-dealkylation sites (tertiary alicyclic amines) is 1. The van der Waals surface area contributed by atoms with Crippen LogP contribution in [0.2, 0.25) is 0 Å². The summed E-state index contributed by atoms with van der Waals surface area (Å²) in [5.74, 6) is 0.643. The normalized spacial score (nSPS) is 24.2. The predicted molar refractivity (Wildman–Crippen MR) is 63.0 cm³/mol. The van der Waals surface area contributed by atoms with Crippen LogP contribution in [0.4, 0.5) is 0 Å². The molecule has 0 aliphatic carbocycles. The van der Waals surface area contributed by atoms with Crippen molar-refractivity contribution in [2.75, 3.05) is 13.1 Å². The van der Waals surface area contributed by atoms with Gasteiger partial charge in [-0.05, 0) is 25.8 Å². The van der Waals surface area contributed by atoms with E-state index in [1.165, 1.54) is 6.33 Å². The predicted octanol–water partition coefficient (Wildman–Crippen LogP) is -0.136. The highest BCUT2D eigenvalue weighted by Crippen LogP contribution is 2.22. The molecule has 2 unspecified atom stereocenters. The van der Waals surface area contributed by atoms with Crippen molar-refractivity contribution in [2.24, 2.45) is 11.7 Å². The van der Waals surface area contributed by atoms with Crippen molar-refractivity contribution < 1.29 is 4.79 Å². The minimum absolute atomic E-state index is 0.184. The first kappa shape index (κ1) is 12.0. The summed E-state index contributed by atoms with van der Waals surface area (Å²) >= 11 is 0. The maximum atomic E-state index is 12.0. The molecule has 0 radical (unpaired) electrons. The van der Waals surface area contributed by atoms with Crippen molar-refractivity contribution in [2.45, 2.75) is 32.4 Å². The van der Waals surface area contributed by atoms with Crippen molar-refractivity contribution >= 4 is 5.91 Å². The van der Waals surface area contributed by atoms with Gasteiger partial charge >= 0.3 is 0 Å². The Morgan fingerprint density at radius 3 is 3.00 bits per heavy atom. The fraction of sp³-hybridized carbons (Fsp3) is 0.727. The zero-order valence-corrected chi connectivity index (χ0v) is 10.1. The van der Waals surface area contributed by atoms with Crippen LogP contribution in [0.15, 0.2) is 12.7 Å². The third-order valence-corrected chi connectivity index (χ3v) is 3.34. The van der Waals surface area contributed by atoms with Gasteiger partial charge in [0.15, 0.2) is 0 Å². The highest BCUT2D eigenvalue weighted by Gasteiger charge is 2.31. The van der Waals surface area contributed by atoms with Crippen LogP contribution < -0.4 is 5.73 Å². The van der Waals surface area contributed by atoms with Gasteiger partial charge < -0.3 is 10.6 Å². The number of nitrogens with two attached hydrogens (primary N) is 1. The lowest BCUT2D eigenvalue weighted by Gasteiger charge is -2.21. The minimum atomic E-state index is 0.184. The number of nitrogens with zero attached hydrogens (tertiary/aromatic N) is 4. The van der Waals surface area contributed by atoms with Crippen molar-refractivity contribution in [3.8, 4) is 0 Å². The number of aromatic nitrogens is 3. The first-order valence-corrected chi connectivity index (χ1v) is 6.02. The molecular weight excluding hydrogens is 218 g/mol. The van der Waals surface area contributed by atoms with E-state index in [2.05, 4.69) is 17.0 Å². The average Bonchev–Trinajstić information content (AvgIpc) is 2.94. The van der Waals surface area contributed by atoms with Gasteiger partial charge in [0.25, 0.3) is 0 Å². The van der Waals surface area contributed by atoms with E-state index in [1.54, 1.807) is 11.0 Å². The smallest absolute Gasteiger partial charge is 0.224 e. The highest BCUT2D eigenvalue weighted by atomic mass is 16.2. The van der Waals surface area contributed by atoms with E-state index in [1.807, 2.05) is 4.90 Å². The molecule has 6 heteroatoms. The van der Waals surface area contributed by atoms with Crippen molar-refractivity contribution in [3.63, 3.8) is 0 Å². The van der Waals surface area contributed by atoms with E-state index in [9.17, 15) is 4.79 Å². The van der Waals surface area contributed by atoms with Gasteiger partial charge in [0.1, 0.15) is 12.7 Å². The van der Waals surface area contributed by atoms with Gasteiger partial charge in [-0.25, -0.2) is 4.98 Å². The minimum Gasteiger partial charge on any atom is -0.340 e. The van der Waals surface area contributed by atoms with Crippen LogP contribution in [0.5, 0.6) is 0 Å². The molecule has 0 spiro atoms. The van der Waals surface area contributed by atoms with Crippen LogP contribution in [0.1, 0.15) is 19.8 Å². The SMILES string of the molecule is CC1CC(CN)CN1C(=O)CCn1cncn1. The molecular formula is C11H19N5O. The Balaban J connectivity index is 1.84. The molecule has 0 aromatic carbocycles. The Morgan fingerprint density at radius 1 is 1.59 bits per heavy atom. The molecule has 0 bridgehead atoms. The molecule has 1 amide bonds. The third kappa shape index (κ3) is 2.82. The Kier molecular flexibility index (Phi) is 3.73. The van der Waals surface area contributed by atoms with E-state index >= 15 is 0 Å². The molecule has 1 aliphatic rings. The first-order valence-electron chi connectivity index (χ1n) is 6.02. The molecule has 2 heterocycles. The summed E-state index contributed by atoms with van der Waals surface area (Å²) in [5, 5.41) is 3.98. The number of carbonyl (C=O) groups is 1. The van der Waals surface area contributed by atoms with Gasteiger partial charge in [-0.2, -0.15) is 5.10 Å². The molecule has 6 nitrogen and oxygen atoms in total. The summed E-state index contributed by atoms with van der Waals surface area (Å²) in [6.45, 7) is 4.14. The molecule has 2 atom stereocenters. The molecule has 1 fully saturated rings. The summed E-state index contributed by atoms with van der Waals surface area (Å²) < 4.78 is 1.68. The van der Waals surface area contributed by atoms with E-state index in [0.29, 0.717) is 31.5 Å². The number of aryl methyl sites for hydroxylation is 1. The number of amides is 1. The number of hydrogen-bond donors (Lipinski definition) is 1. The second-order valence-corrected chi connectivity index (χ2v) is 4.64. The summed E-state index contributed by atoms with van der Waals surface area (Å²) in [6.07, 6.45) is 4.60. The Hall–Kier alpha value is -1.43. The Morgan fingerprint density at radius 2 is 2.41 bits per heavy atom. The second kappa shape index (κ2) is 5.27. The molecule has 2 N–H and O–H groups in total. The maximum Gasteiger partial charge on any atom is 0.224 e. The van der Waals surface area contributed by atoms with Gasteiger partial charge in [-0.1, -0.05) is 0 Å². The highest BCUT2D eigenvalue weighted by molar-refractivity contribution is 5.76. The lowest BCUT2D eigenvalue weighted by atomic mass is 10.1. The summed E-state index contributed by atoms with van der Waals surface area (Å²) in [7, 11) is 0.